The lowest BCUT2D eigenvalue weighted by Gasteiger charge is -2.45. The van der Waals surface area contributed by atoms with Crippen LogP contribution < -0.4 is 0 Å². The number of likely N-dealkylation sites (tertiary alicyclic amines) is 1. The molecule has 4 aromatic heterocycles. The predicted octanol–water partition coefficient (Wildman–Crippen LogP) is 7.99. The van der Waals surface area contributed by atoms with Gasteiger partial charge in [0.1, 0.15) is 16.5 Å². The third kappa shape index (κ3) is 12.5. The van der Waals surface area contributed by atoms with Crippen LogP contribution in [0.3, 0.4) is 0 Å². The normalized spacial score (nSPS) is 26.0. The second-order valence-corrected chi connectivity index (χ2v) is 25.1. The van der Waals surface area contributed by atoms with Crippen molar-refractivity contribution >= 4 is 48.1 Å². The molecule has 6 aliphatic heterocycles. The zero-order valence-electron chi connectivity index (χ0n) is 41.9. The van der Waals surface area contributed by atoms with Gasteiger partial charge in [-0.3, -0.25) is 0 Å². The minimum absolute atomic E-state index is 0.00301. The first-order chi connectivity index (χ1) is 33.1. The molecule has 382 valence electrons. The molecule has 16 nitrogen and oxygen atoms in total. The summed E-state index contributed by atoms with van der Waals surface area (Å²) in [4.78, 5) is 31.8. The Morgan fingerprint density at radius 3 is 1.36 bits per heavy atom. The number of sulfonamides is 2. The molecule has 0 unspecified atom stereocenters. The molecular formula is C51H78N8O8S2. The number of pyridine rings is 2. The highest BCUT2D eigenvalue weighted by Crippen LogP contribution is 2.37. The maximum Gasteiger partial charge on any atom is 0.320 e. The summed E-state index contributed by atoms with van der Waals surface area (Å²) in [6, 6.07) is 8.20. The molecule has 4 atom stereocenters. The van der Waals surface area contributed by atoms with Gasteiger partial charge in [-0.1, -0.05) is 6.42 Å². The molecule has 2 N–H and O–H groups in total. The van der Waals surface area contributed by atoms with Crippen LogP contribution in [-0.4, -0.2) is 162 Å². The van der Waals surface area contributed by atoms with Crippen LogP contribution in [0.1, 0.15) is 139 Å². The summed E-state index contributed by atoms with van der Waals surface area (Å²) >= 11 is 0. The van der Waals surface area contributed by atoms with E-state index in [1.165, 1.54) is 48.6 Å². The van der Waals surface area contributed by atoms with Gasteiger partial charge in [-0.15, -0.1) is 0 Å². The molecule has 1 saturated carbocycles. The Hall–Kier alpha value is -3.65. The van der Waals surface area contributed by atoms with E-state index in [9.17, 15) is 21.6 Å². The fraction of sp³-hybridized carbons (Fsp3) is 0.706. The van der Waals surface area contributed by atoms with Crippen molar-refractivity contribution in [1.82, 2.24) is 38.3 Å². The van der Waals surface area contributed by atoms with Crippen molar-refractivity contribution in [2.24, 2.45) is 0 Å². The van der Waals surface area contributed by atoms with E-state index in [0.717, 1.165) is 86.2 Å². The van der Waals surface area contributed by atoms with E-state index >= 15 is 0 Å². The van der Waals surface area contributed by atoms with Gasteiger partial charge in [0.05, 0.1) is 29.7 Å². The quantitative estimate of drug-likeness (QED) is 0.192. The molecule has 0 bridgehead atoms. The number of amides is 2. The number of carbonyl (C=O) groups excluding carboxylic acids is 1. The monoisotopic (exact) mass is 995 g/mol. The first-order valence-corrected chi connectivity index (χ1v) is 28.9. The molecule has 11 rings (SSSR count). The number of hydrogen-bond acceptors (Lipinski definition) is 10. The second kappa shape index (κ2) is 22.8. The maximum atomic E-state index is 13.2. The highest BCUT2D eigenvalue weighted by molar-refractivity contribution is 7.90. The zero-order chi connectivity index (χ0) is 48.9. The number of aromatic nitrogens is 4. The molecule has 10 heterocycles. The largest absolute Gasteiger partial charge is 0.381 e. The van der Waals surface area contributed by atoms with Gasteiger partial charge in [-0.2, -0.15) is 0 Å². The third-order valence-corrected chi connectivity index (χ3v) is 19.8. The van der Waals surface area contributed by atoms with E-state index in [1.54, 1.807) is 18.4 Å². The van der Waals surface area contributed by atoms with Crippen LogP contribution >= 0.6 is 0 Å². The molecule has 7 aliphatic rings. The van der Waals surface area contributed by atoms with Crippen LogP contribution in [0, 0.1) is 13.8 Å². The van der Waals surface area contributed by atoms with Crippen LogP contribution in [-0.2, 0) is 34.3 Å². The summed E-state index contributed by atoms with van der Waals surface area (Å²) in [7, 11) is -6.46. The van der Waals surface area contributed by atoms with Crippen LogP contribution in [0.5, 0.6) is 0 Å². The molecule has 0 spiro atoms. The minimum Gasteiger partial charge on any atom is -0.381 e. The maximum absolute atomic E-state index is 13.2. The van der Waals surface area contributed by atoms with E-state index < -0.39 is 25.3 Å². The zero-order valence-corrected chi connectivity index (χ0v) is 43.5. The van der Waals surface area contributed by atoms with Crippen molar-refractivity contribution in [3.63, 3.8) is 0 Å². The molecule has 18 heteroatoms. The Morgan fingerprint density at radius 1 is 0.551 bits per heavy atom. The topological polar surface area (TPSA) is 183 Å². The van der Waals surface area contributed by atoms with Crippen LogP contribution in [0.15, 0.2) is 36.7 Å². The first-order valence-electron chi connectivity index (χ1n) is 25.9. The number of ether oxygens (including phenoxy) is 3. The Labute approximate surface area is 410 Å². The molecule has 7 fully saturated rings. The Bertz CT molecular complexity index is 2510. The average molecular weight is 995 g/mol. The molecule has 0 aromatic carbocycles. The Balaban J connectivity index is 0.000000152. The molecule has 1 aliphatic carbocycles. The number of rotatable bonds is 6. The number of aromatic amines is 2. The highest BCUT2D eigenvalue weighted by atomic mass is 32.2. The van der Waals surface area contributed by atoms with Crippen molar-refractivity contribution in [2.75, 3.05) is 65.6 Å². The SMILES string of the molecule is C1CCOC1.C[C@@H]1CCC[C@H](C)O1.Cc1ccc2c(C3CCN(S(=O)(=O)C4CCC4)CC3)c[nH]c2n1.Cc1ccc2c(C3CCN(S(=O)(=O)C4CN(C(=O)N5C[C@@H](C)O[C@@H](C)C5)C4)CC3)c[nH]c2n1. The van der Waals surface area contributed by atoms with E-state index in [0.29, 0.717) is 63.3 Å². The number of nitrogens with one attached hydrogen (secondary N) is 2. The van der Waals surface area contributed by atoms with Crippen LogP contribution in [0.4, 0.5) is 4.79 Å². The fourth-order valence-corrected chi connectivity index (χ4v) is 14.9. The van der Waals surface area contributed by atoms with Crippen molar-refractivity contribution < 1.29 is 35.8 Å². The summed E-state index contributed by atoms with van der Waals surface area (Å²) in [5.41, 5.74) is 6.32. The number of carbonyl (C=O) groups is 1. The first kappa shape index (κ1) is 51.7. The molecule has 69 heavy (non-hydrogen) atoms. The standard InChI is InChI=1S/C23H33N5O4S.C17H23N3O2S.C7H14O.C4H8O/c1-15-4-5-20-21(10-24-22(20)25-15)18-6-8-28(9-7-18)33(30,31)19-13-27(14-19)23(29)26-11-16(2)32-17(3)12-26;1-12-5-6-15-16(11-18-17(15)19-12)13-7-9-20(10-8-13)23(21,22)14-3-2-4-14;1-6-4-3-5-7(2)8-6;1-2-4-5-3-1/h4-5,10,16-19H,6-9,11-14H2,1-3H3,(H,24,25);5-6,11,13-14H,2-4,7-10H2,1H3,(H,18,19);6-7H,3-5H2,1-2H3;1-4H2/t16-,17+;;6-,7+;. The molecule has 6 saturated heterocycles. The van der Waals surface area contributed by atoms with Gasteiger partial charge in [0.25, 0.3) is 0 Å². The van der Waals surface area contributed by atoms with Gasteiger partial charge in [-0.05, 0) is 159 Å². The third-order valence-electron chi connectivity index (χ3n) is 15.1. The molecule has 0 radical (unpaired) electrons. The van der Waals surface area contributed by atoms with Crippen molar-refractivity contribution in [2.45, 2.75) is 165 Å². The molecule has 2 amide bonds. The Kier molecular flexibility index (Phi) is 17.1. The van der Waals surface area contributed by atoms with Crippen LogP contribution in [0.2, 0.25) is 0 Å². The fourth-order valence-electron chi connectivity index (χ4n) is 10.9. The number of hydrogen-bond donors (Lipinski definition) is 2. The van der Waals surface area contributed by atoms with Crippen molar-refractivity contribution in [3.8, 4) is 0 Å². The van der Waals surface area contributed by atoms with E-state index in [-0.39, 0.29) is 36.6 Å². The second-order valence-electron chi connectivity index (χ2n) is 20.7. The summed E-state index contributed by atoms with van der Waals surface area (Å²) in [6.45, 7) is 18.1. The van der Waals surface area contributed by atoms with Gasteiger partial charge in [-0.25, -0.2) is 40.2 Å². The lowest BCUT2D eigenvalue weighted by atomic mass is 9.90. The van der Waals surface area contributed by atoms with Crippen molar-refractivity contribution in [3.05, 3.63) is 59.2 Å². The van der Waals surface area contributed by atoms with E-state index in [1.807, 2.05) is 46.0 Å². The van der Waals surface area contributed by atoms with Gasteiger partial charge in [0.2, 0.25) is 20.0 Å². The summed E-state index contributed by atoms with van der Waals surface area (Å²) in [6.07, 6.45) is 17.6. The van der Waals surface area contributed by atoms with Gasteiger partial charge >= 0.3 is 6.03 Å². The molecule has 4 aromatic rings. The van der Waals surface area contributed by atoms with Crippen molar-refractivity contribution in [1.29, 1.82) is 0 Å². The number of aryl methyl sites for hydroxylation is 2. The lowest BCUT2D eigenvalue weighted by Crippen LogP contribution is -2.64. The lowest BCUT2D eigenvalue weighted by molar-refractivity contribution is -0.0597. The minimum atomic E-state index is -3.41. The number of H-pyrrole nitrogens is 2. The van der Waals surface area contributed by atoms with E-state index in [4.69, 9.17) is 14.2 Å². The molecular weight excluding hydrogens is 917 g/mol. The average Bonchev–Trinajstić information content (AvgIpc) is 4.08. The number of morpholine rings is 1. The van der Waals surface area contributed by atoms with Gasteiger partial charge in [0, 0.05) is 100 Å². The number of fused-ring (bicyclic) bond motifs is 2. The van der Waals surface area contributed by atoms with Crippen LogP contribution in [0.25, 0.3) is 22.1 Å². The Morgan fingerprint density at radius 2 is 0.971 bits per heavy atom. The predicted molar refractivity (Wildman–Crippen MR) is 270 cm³/mol. The number of urea groups is 1. The smallest absolute Gasteiger partial charge is 0.320 e. The highest BCUT2D eigenvalue weighted by Gasteiger charge is 2.45. The summed E-state index contributed by atoms with van der Waals surface area (Å²) < 4.78 is 70.9. The number of nitrogens with zero attached hydrogens (tertiary/aromatic N) is 6. The summed E-state index contributed by atoms with van der Waals surface area (Å²) in [5.74, 6) is 0.737. The van der Waals surface area contributed by atoms with E-state index in [2.05, 4.69) is 52.1 Å². The number of piperidine rings is 2. The van der Waals surface area contributed by atoms with Gasteiger partial charge < -0.3 is 34.0 Å². The van der Waals surface area contributed by atoms with Gasteiger partial charge in [0.15, 0.2) is 0 Å². The summed E-state index contributed by atoms with van der Waals surface area (Å²) in [5, 5.41) is 1.69.